The van der Waals surface area contributed by atoms with Gasteiger partial charge in [-0.2, -0.15) is 0 Å². The van der Waals surface area contributed by atoms with Gasteiger partial charge in [-0.15, -0.1) is 0 Å². The average molecular weight is 443 g/mol. The van der Waals surface area contributed by atoms with Gasteiger partial charge in [0.25, 0.3) is 0 Å². The number of benzene rings is 2. The predicted octanol–water partition coefficient (Wildman–Crippen LogP) is 3.95. The Morgan fingerprint density at radius 2 is 1.53 bits per heavy atom. The summed E-state index contributed by atoms with van der Waals surface area (Å²) in [5.41, 5.74) is 1.57. The van der Waals surface area contributed by atoms with Crippen molar-refractivity contribution in [1.82, 2.24) is 4.90 Å². The number of carbonyl (C=O) groups excluding carboxylic acids is 2. The van der Waals surface area contributed by atoms with Crippen molar-refractivity contribution >= 4 is 12.1 Å². The van der Waals surface area contributed by atoms with E-state index >= 15 is 0 Å². The highest BCUT2D eigenvalue weighted by Gasteiger charge is 2.34. The summed E-state index contributed by atoms with van der Waals surface area (Å²) in [5.74, 6) is 0.947. The highest BCUT2D eigenvalue weighted by Crippen LogP contribution is 2.38. The molecule has 1 fully saturated rings. The van der Waals surface area contributed by atoms with E-state index in [0.717, 1.165) is 18.4 Å². The van der Waals surface area contributed by atoms with Crippen molar-refractivity contribution in [3.63, 3.8) is 0 Å². The van der Waals surface area contributed by atoms with Gasteiger partial charge in [0.05, 0.1) is 21.3 Å². The van der Waals surface area contributed by atoms with Gasteiger partial charge in [-0.25, -0.2) is 9.59 Å². The monoisotopic (exact) mass is 443 g/mol. The van der Waals surface area contributed by atoms with Crippen molar-refractivity contribution in [2.24, 2.45) is 0 Å². The molecule has 2 aromatic carbocycles. The van der Waals surface area contributed by atoms with Crippen LogP contribution in [0.4, 0.5) is 4.79 Å². The van der Waals surface area contributed by atoms with Gasteiger partial charge in [-0.1, -0.05) is 30.3 Å². The number of hydrogen-bond donors (Lipinski definition) is 0. The minimum atomic E-state index is -0.672. The molecule has 0 N–H and O–H groups in total. The molecule has 1 aliphatic heterocycles. The lowest BCUT2D eigenvalue weighted by molar-refractivity contribution is -0.152. The number of carbonyl (C=O) groups is 2. The lowest BCUT2D eigenvalue weighted by atomic mass is 10.0. The number of ether oxygens (including phenoxy) is 5. The lowest BCUT2D eigenvalue weighted by Crippen LogP contribution is -2.48. The third kappa shape index (κ3) is 5.63. The number of rotatable bonds is 8. The SMILES string of the molecule is COc1cc(COC(=O)C2CCCCN2C(=O)OCc2ccccc2)cc(OC)c1OC. The van der Waals surface area contributed by atoms with Crippen LogP contribution in [0.3, 0.4) is 0 Å². The lowest BCUT2D eigenvalue weighted by Gasteiger charge is -2.33. The van der Waals surface area contributed by atoms with Crippen molar-refractivity contribution in [3.8, 4) is 17.2 Å². The smallest absolute Gasteiger partial charge is 0.410 e. The minimum Gasteiger partial charge on any atom is -0.493 e. The molecule has 1 atom stereocenters. The summed E-state index contributed by atoms with van der Waals surface area (Å²) in [5, 5.41) is 0. The minimum absolute atomic E-state index is 0.0128. The molecule has 0 radical (unpaired) electrons. The van der Waals surface area contributed by atoms with E-state index in [-0.39, 0.29) is 13.2 Å². The average Bonchev–Trinajstić information content (AvgIpc) is 2.85. The predicted molar refractivity (Wildman–Crippen MR) is 117 cm³/mol. The highest BCUT2D eigenvalue weighted by atomic mass is 16.6. The number of hydrogen-bond acceptors (Lipinski definition) is 7. The Balaban J connectivity index is 1.63. The standard InChI is InChI=1S/C24H29NO7/c1-28-20-13-18(14-21(29-2)22(20)30-3)16-31-23(26)19-11-7-8-12-25(19)24(27)32-15-17-9-5-4-6-10-17/h4-6,9-10,13-14,19H,7-8,11-12,15-16H2,1-3H3. The van der Waals surface area contributed by atoms with E-state index < -0.39 is 18.1 Å². The Hall–Kier alpha value is -3.42. The summed E-state index contributed by atoms with van der Waals surface area (Å²) in [7, 11) is 4.57. The second kappa shape index (κ2) is 11.3. The summed E-state index contributed by atoms with van der Waals surface area (Å²) in [6, 6.07) is 12.2. The second-order valence-electron chi connectivity index (χ2n) is 7.39. The topological polar surface area (TPSA) is 83.5 Å². The number of methoxy groups -OCH3 is 3. The Bertz CT molecular complexity index is 891. The van der Waals surface area contributed by atoms with Crippen LogP contribution in [0.15, 0.2) is 42.5 Å². The van der Waals surface area contributed by atoms with Crippen LogP contribution in [0.1, 0.15) is 30.4 Å². The molecule has 172 valence electrons. The zero-order chi connectivity index (χ0) is 22.9. The molecule has 32 heavy (non-hydrogen) atoms. The molecule has 8 heteroatoms. The van der Waals surface area contributed by atoms with E-state index in [2.05, 4.69) is 0 Å². The molecular weight excluding hydrogens is 414 g/mol. The third-order valence-corrected chi connectivity index (χ3v) is 5.32. The summed E-state index contributed by atoms with van der Waals surface area (Å²) >= 11 is 0. The van der Waals surface area contributed by atoms with Crippen LogP contribution in [0.25, 0.3) is 0 Å². The van der Waals surface area contributed by atoms with Gasteiger partial charge >= 0.3 is 12.1 Å². The molecule has 1 heterocycles. The van der Waals surface area contributed by atoms with E-state index in [9.17, 15) is 9.59 Å². The summed E-state index contributed by atoms with van der Waals surface area (Å²) in [6.45, 7) is 0.625. The fraction of sp³-hybridized carbons (Fsp3) is 0.417. The molecule has 3 rings (SSSR count). The van der Waals surface area contributed by atoms with E-state index in [4.69, 9.17) is 23.7 Å². The van der Waals surface area contributed by atoms with E-state index in [0.29, 0.717) is 35.8 Å². The Morgan fingerprint density at radius 1 is 0.875 bits per heavy atom. The first-order valence-corrected chi connectivity index (χ1v) is 10.5. The fourth-order valence-corrected chi connectivity index (χ4v) is 3.67. The van der Waals surface area contributed by atoms with Gasteiger partial charge < -0.3 is 23.7 Å². The highest BCUT2D eigenvalue weighted by molar-refractivity contribution is 5.81. The van der Waals surface area contributed by atoms with Crippen molar-refractivity contribution < 1.29 is 33.3 Å². The maximum atomic E-state index is 12.8. The Labute approximate surface area is 188 Å². The molecule has 1 aliphatic rings. The van der Waals surface area contributed by atoms with Gasteiger partial charge in [-0.05, 0) is 42.5 Å². The van der Waals surface area contributed by atoms with Crippen molar-refractivity contribution in [1.29, 1.82) is 0 Å². The normalized spacial score (nSPS) is 15.6. The molecule has 1 unspecified atom stereocenters. The van der Waals surface area contributed by atoms with Gasteiger partial charge in [0.15, 0.2) is 11.5 Å². The molecule has 1 amide bonds. The molecule has 8 nitrogen and oxygen atoms in total. The zero-order valence-electron chi connectivity index (χ0n) is 18.7. The number of likely N-dealkylation sites (tertiary alicyclic amines) is 1. The van der Waals surface area contributed by atoms with E-state index in [1.165, 1.54) is 26.2 Å². The van der Waals surface area contributed by atoms with Gasteiger partial charge in [-0.3, -0.25) is 4.90 Å². The fourth-order valence-electron chi connectivity index (χ4n) is 3.67. The maximum Gasteiger partial charge on any atom is 0.410 e. The molecular formula is C24H29NO7. The Kier molecular flexibility index (Phi) is 8.19. The maximum absolute atomic E-state index is 12.8. The van der Waals surface area contributed by atoms with Crippen LogP contribution in [-0.4, -0.2) is 50.9 Å². The van der Waals surface area contributed by atoms with Crippen molar-refractivity contribution in [3.05, 3.63) is 53.6 Å². The first-order chi connectivity index (χ1) is 15.6. The van der Waals surface area contributed by atoms with E-state index in [1.54, 1.807) is 12.1 Å². The summed E-state index contributed by atoms with van der Waals surface area (Å²) < 4.78 is 27.0. The number of esters is 1. The van der Waals surface area contributed by atoms with Crippen LogP contribution < -0.4 is 14.2 Å². The van der Waals surface area contributed by atoms with Crippen molar-refractivity contribution in [2.45, 2.75) is 38.5 Å². The number of piperidine rings is 1. The molecule has 0 aromatic heterocycles. The molecule has 1 saturated heterocycles. The quantitative estimate of drug-likeness (QED) is 0.571. The third-order valence-electron chi connectivity index (χ3n) is 5.32. The number of amides is 1. The molecule has 2 aromatic rings. The zero-order valence-corrected chi connectivity index (χ0v) is 18.7. The van der Waals surface area contributed by atoms with Crippen molar-refractivity contribution in [2.75, 3.05) is 27.9 Å². The van der Waals surface area contributed by atoms with Gasteiger partial charge in [0.1, 0.15) is 19.3 Å². The molecule has 0 spiro atoms. The van der Waals surface area contributed by atoms with E-state index in [1.807, 2.05) is 30.3 Å². The van der Waals surface area contributed by atoms with Crippen LogP contribution in [0.2, 0.25) is 0 Å². The molecule has 0 aliphatic carbocycles. The Morgan fingerprint density at radius 3 is 2.16 bits per heavy atom. The summed E-state index contributed by atoms with van der Waals surface area (Å²) in [6.07, 6.45) is 1.68. The van der Waals surface area contributed by atoms with Crippen LogP contribution in [0, 0.1) is 0 Å². The van der Waals surface area contributed by atoms with Gasteiger partial charge in [0, 0.05) is 6.54 Å². The first-order valence-electron chi connectivity index (χ1n) is 10.5. The second-order valence-corrected chi connectivity index (χ2v) is 7.39. The number of nitrogens with zero attached hydrogens (tertiary/aromatic N) is 1. The molecule has 0 saturated carbocycles. The van der Waals surface area contributed by atoms with Crippen LogP contribution >= 0.6 is 0 Å². The van der Waals surface area contributed by atoms with Gasteiger partial charge in [0.2, 0.25) is 5.75 Å². The summed E-state index contributed by atoms with van der Waals surface area (Å²) in [4.78, 5) is 26.9. The first kappa shape index (κ1) is 23.2. The molecule has 0 bridgehead atoms. The van der Waals surface area contributed by atoms with Crippen LogP contribution in [0.5, 0.6) is 17.2 Å². The largest absolute Gasteiger partial charge is 0.493 e. The van der Waals surface area contributed by atoms with Crippen LogP contribution in [-0.2, 0) is 27.5 Å².